The van der Waals surface area contributed by atoms with Crippen molar-refractivity contribution in [3.8, 4) is 0 Å². The van der Waals surface area contributed by atoms with Crippen LogP contribution in [0.2, 0.25) is 0 Å². The van der Waals surface area contributed by atoms with Crippen LogP contribution in [0.5, 0.6) is 0 Å². The first-order valence-corrected chi connectivity index (χ1v) is 9.15. The molecular weight excluding hydrogens is 286 g/mol. The van der Waals surface area contributed by atoms with Crippen LogP contribution in [0.4, 0.5) is 0 Å². The maximum absolute atomic E-state index is 12.6. The van der Waals surface area contributed by atoms with Gasteiger partial charge in [0, 0.05) is 18.0 Å². The van der Waals surface area contributed by atoms with Crippen molar-refractivity contribution in [1.82, 2.24) is 5.32 Å². The summed E-state index contributed by atoms with van der Waals surface area (Å²) in [6.07, 6.45) is 8.99. The summed E-state index contributed by atoms with van der Waals surface area (Å²) < 4.78 is 5.85. The molecule has 0 bridgehead atoms. The number of hydrogen-bond acceptors (Lipinski definition) is 2. The number of alkyl halides is 1. The van der Waals surface area contributed by atoms with Crippen LogP contribution in [0.15, 0.2) is 0 Å². The third-order valence-electron chi connectivity index (χ3n) is 5.85. The molecule has 1 heterocycles. The van der Waals surface area contributed by atoms with Gasteiger partial charge in [0.1, 0.15) is 6.10 Å². The molecule has 0 aromatic rings. The standard InChI is InChI=1S/C17H28ClNO2/c1-11-6-7-13(10-15(11)18)19-17(20)16-14-5-3-2-4-12(14)8-9-21-16/h11-16H,2-10H2,1H3,(H,19,20). The second kappa shape index (κ2) is 6.87. The van der Waals surface area contributed by atoms with Gasteiger partial charge in [-0.25, -0.2) is 0 Å². The van der Waals surface area contributed by atoms with E-state index >= 15 is 0 Å². The Balaban J connectivity index is 1.57. The summed E-state index contributed by atoms with van der Waals surface area (Å²) in [5.41, 5.74) is 0. The van der Waals surface area contributed by atoms with Gasteiger partial charge in [-0.05, 0) is 56.3 Å². The predicted molar refractivity (Wildman–Crippen MR) is 84.4 cm³/mol. The number of halogens is 1. The van der Waals surface area contributed by atoms with Crippen LogP contribution in [-0.2, 0) is 9.53 Å². The van der Waals surface area contributed by atoms with Crippen LogP contribution < -0.4 is 5.32 Å². The number of carbonyl (C=O) groups is 1. The lowest BCUT2D eigenvalue weighted by molar-refractivity contribution is -0.147. The SMILES string of the molecule is CC1CCC(NC(=O)C2OCCC3CCCCC32)CC1Cl. The molecule has 2 aliphatic carbocycles. The number of nitrogens with one attached hydrogen (secondary N) is 1. The maximum Gasteiger partial charge on any atom is 0.249 e. The number of fused-ring (bicyclic) bond motifs is 1. The van der Waals surface area contributed by atoms with Crippen LogP contribution in [0.25, 0.3) is 0 Å². The fourth-order valence-corrected chi connectivity index (χ4v) is 4.76. The summed E-state index contributed by atoms with van der Waals surface area (Å²) in [6.45, 7) is 2.95. The molecule has 0 spiro atoms. The zero-order valence-electron chi connectivity index (χ0n) is 13.0. The van der Waals surface area contributed by atoms with Gasteiger partial charge in [-0.15, -0.1) is 11.6 Å². The first kappa shape index (κ1) is 15.6. The van der Waals surface area contributed by atoms with Crippen molar-refractivity contribution in [3.05, 3.63) is 0 Å². The van der Waals surface area contributed by atoms with Crippen LogP contribution in [0, 0.1) is 17.8 Å². The minimum atomic E-state index is -0.211. The minimum absolute atomic E-state index is 0.120. The van der Waals surface area contributed by atoms with Gasteiger partial charge in [0.15, 0.2) is 0 Å². The Labute approximate surface area is 133 Å². The summed E-state index contributed by atoms with van der Waals surface area (Å²) >= 11 is 6.36. The van der Waals surface area contributed by atoms with E-state index in [1.807, 2.05) is 0 Å². The number of ether oxygens (including phenoxy) is 1. The molecule has 1 aliphatic heterocycles. The average Bonchev–Trinajstić information content (AvgIpc) is 2.50. The Morgan fingerprint density at radius 1 is 1.14 bits per heavy atom. The molecule has 1 saturated heterocycles. The molecule has 21 heavy (non-hydrogen) atoms. The monoisotopic (exact) mass is 313 g/mol. The lowest BCUT2D eigenvalue weighted by Gasteiger charge is -2.41. The predicted octanol–water partition coefficient (Wildman–Crippen LogP) is 3.49. The highest BCUT2D eigenvalue weighted by Gasteiger charge is 2.40. The van der Waals surface area contributed by atoms with Gasteiger partial charge in [-0.2, -0.15) is 0 Å². The fraction of sp³-hybridized carbons (Fsp3) is 0.941. The number of rotatable bonds is 2. The van der Waals surface area contributed by atoms with Gasteiger partial charge < -0.3 is 10.1 Å². The van der Waals surface area contributed by atoms with Crippen LogP contribution in [-0.4, -0.2) is 30.0 Å². The molecule has 0 aromatic carbocycles. The van der Waals surface area contributed by atoms with Crippen LogP contribution in [0.3, 0.4) is 0 Å². The van der Waals surface area contributed by atoms with Crippen LogP contribution in [0.1, 0.15) is 58.3 Å². The van der Waals surface area contributed by atoms with Gasteiger partial charge in [0.05, 0.1) is 0 Å². The Morgan fingerprint density at radius 2 is 1.95 bits per heavy atom. The number of carbonyl (C=O) groups excluding carboxylic acids is 1. The minimum Gasteiger partial charge on any atom is -0.368 e. The molecule has 0 radical (unpaired) electrons. The Hall–Kier alpha value is -0.280. The summed E-state index contributed by atoms with van der Waals surface area (Å²) in [7, 11) is 0. The molecule has 2 saturated carbocycles. The Kier molecular flexibility index (Phi) is 5.11. The van der Waals surface area contributed by atoms with Crippen molar-refractivity contribution >= 4 is 17.5 Å². The molecule has 0 aromatic heterocycles. The number of hydrogen-bond donors (Lipinski definition) is 1. The molecule has 1 N–H and O–H groups in total. The molecule has 3 rings (SSSR count). The second-order valence-corrected chi connectivity index (χ2v) is 7.86. The zero-order chi connectivity index (χ0) is 14.8. The third kappa shape index (κ3) is 3.56. The highest BCUT2D eigenvalue weighted by molar-refractivity contribution is 6.20. The maximum atomic E-state index is 12.6. The van der Waals surface area contributed by atoms with Gasteiger partial charge in [-0.3, -0.25) is 4.79 Å². The lowest BCUT2D eigenvalue weighted by atomic mass is 9.73. The van der Waals surface area contributed by atoms with Crippen LogP contribution >= 0.6 is 11.6 Å². The third-order valence-corrected chi connectivity index (χ3v) is 6.45. The quantitative estimate of drug-likeness (QED) is 0.792. The molecular formula is C17H28ClNO2. The van der Waals surface area contributed by atoms with Crippen molar-refractivity contribution in [1.29, 1.82) is 0 Å². The molecule has 3 nitrogen and oxygen atoms in total. The summed E-state index contributed by atoms with van der Waals surface area (Å²) in [5.74, 6) is 1.83. The van der Waals surface area contributed by atoms with Crippen molar-refractivity contribution in [3.63, 3.8) is 0 Å². The van der Waals surface area contributed by atoms with Gasteiger partial charge in [0.25, 0.3) is 0 Å². The van der Waals surface area contributed by atoms with Gasteiger partial charge in [0.2, 0.25) is 5.91 Å². The van der Waals surface area contributed by atoms with E-state index in [0.717, 1.165) is 38.7 Å². The molecule has 3 aliphatic rings. The molecule has 6 unspecified atom stereocenters. The fourth-order valence-electron chi connectivity index (χ4n) is 4.41. The summed E-state index contributed by atoms with van der Waals surface area (Å²) in [6, 6.07) is 0.240. The largest absolute Gasteiger partial charge is 0.368 e. The molecule has 1 amide bonds. The molecule has 6 atom stereocenters. The van der Waals surface area contributed by atoms with E-state index in [9.17, 15) is 4.79 Å². The van der Waals surface area contributed by atoms with E-state index in [2.05, 4.69) is 12.2 Å². The first-order chi connectivity index (χ1) is 10.1. The summed E-state index contributed by atoms with van der Waals surface area (Å²) in [4.78, 5) is 12.6. The Bertz CT molecular complexity index is 374. The number of amides is 1. The van der Waals surface area contributed by atoms with E-state index in [1.165, 1.54) is 19.3 Å². The Morgan fingerprint density at radius 3 is 2.76 bits per heavy atom. The van der Waals surface area contributed by atoms with Crippen molar-refractivity contribution in [2.75, 3.05) is 6.61 Å². The van der Waals surface area contributed by atoms with Gasteiger partial charge in [-0.1, -0.05) is 19.8 Å². The van der Waals surface area contributed by atoms with Crippen molar-refractivity contribution in [2.45, 2.75) is 75.8 Å². The van der Waals surface area contributed by atoms with E-state index in [-0.39, 0.29) is 23.4 Å². The van der Waals surface area contributed by atoms with Gasteiger partial charge >= 0.3 is 0 Å². The van der Waals surface area contributed by atoms with Crippen molar-refractivity contribution < 1.29 is 9.53 Å². The first-order valence-electron chi connectivity index (χ1n) is 8.71. The normalized spacial score (nSPS) is 43.9. The van der Waals surface area contributed by atoms with E-state index < -0.39 is 0 Å². The zero-order valence-corrected chi connectivity index (χ0v) is 13.8. The smallest absolute Gasteiger partial charge is 0.249 e. The molecule has 4 heteroatoms. The van der Waals surface area contributed by atoms with Crippen molar-refractivity contribution in [2.24, 2.45) is 17.8 Å². The molecule has 3 fully saturated rings. The highest BCUT2D eigenvalue weighted by Crippen LogP contribution is 2.39. The van der Waals surface area contributed by atoms with E-state index in [0.29, 0.717) is 17.8 Å². The van der Waals surface area contributed by atoms with E-state index in [4.69, 9.17) is 16.3 Å². The topological polar surface area (TPSA) is 38.3 Å². The second-order valence-electron chi connectivity index (χ2n) is 7.30. The molecule has 120 valence electrons. The average molecular weight is 314 g/mol. The summed E-state index contributed by atoms with van der Waals surface area (Å²) in [5, 5.41) is 3.42. The highest BCUT2D eigenvalue weighted by atomic mass is 35.5. The van der Waals surface area contributed by atoms with E-state index in [1.54, 1.807) is 0 Å². The lowest BCUT2D eigenvalue weighted by Crippen LogP contribution is -2.51.